The van der Waals surface area contributed by atoms with Crippen molar-refractivity contribution in [3.05, 3.63) is 68.8 Å². The van der Waals surface area contributed by atoms with E-state index in [-0.39, 0.29) is 11.9 Å². The molecule has 2 aromatic carbocycles. The number of aromatic nitrogens is 2. The summed E-state index contributed by atoms with van der Waals surface area (Å²) in [6.45, 7) is 1.46. The second-order valence-electron chi connectivity index (χ2n) is 7.69. The van der Waals surface area contributed by atoms with Crippen molar-refractivity contribution in [1.29, 1.82) is 0 Å². The number of thioether (sulfide) groups is 1. The second kappa shape index (κ2) is 9.42. The Balaban J connectivity index is 1.43. The first-order chi connectivity index (χ1) is 16.5. The number of carbonyl (C=O) groups excluding carboxylic acids is 2. The standard InChI is InChI=1S/C23H19Cl2N5O3S/c1-33-22(32)15-8-13(7-12-9-26-6-5-14(12)15)28-23-27-10-16-20(29-23)34-11-30(21(16)31)19-17(24)3-2-4-18(19)25/h2-4,7-8,10,26H,5-6,9,11H2,1H3,(H,27,28,29). The smallest absolute Gasteiger partial charge is 0.338 e. The van der Waals surface area contributed by atoms with Crippen LogP contribution in [0.2, 0.25) is 10.0 Å². The third kappa shape index (κ3) is 4.20. The highest BCUT2D eigenvalue weighted by Crippen LogP contribution is 2.39. The summed E-state index contributed by atoms with van der Waals surface area (Å²) in [4.78, 5) is 35.9. The molecule has 0 unspecified atom stereocenters. The summed E-state index contributed by atoms with van der Waals surface area (Å²) in [7, 11) is 1.37. The van der Waals surface area contributed by atoms with Gasteiger partial charge in [0.1, 0.15) is 5.03 Å². The maximum absolute atomic E-state index is 13.1. The average Bonchev–Trinajstić information content (AvgIpc) is 2.84. The third-order valence-corrected chi connectivity index (χ3v) is 7.22. The van der Waals surface area contributed by atoms with Gasteiger partial charge in [-0.3, -0.25) is 9.69 Å². The van der Waals surface area contributed by atoms with E-state index < -0.39 is 0 Å². The number of esters is 1. The van der Waals surface area contributed by atoms with Crippen molar-refractivity contribution in [3.8, 4) is 0 Å². The van der Waals surface area contributed by atoms with Crippen molar-refractivity contribution >= 4 is 64.2 Å². The Hall–Kier alpha value is -2.85. The first kappa shape index (κ1) is 22.9. The van der Waals surface area contributed by atoms with Crippen LogP contribution >= 0.6 is 35.0 Å². The topological polar surface area (TPSA) is 96.4 Å². The molecular formula is C23H19Cl2N5O3S. The molecule has 0 saturated carbocycles. The summed E-state index contributed by atoms with van der Waals surface area (Å²) in [5, 5.41) is 7.82. The van der Waals surface area contributed by atoms with Crippen LogP contribution in [0.4, 0.5) is 17.3 Å². The number of para-hydroxylation sites is 1. The SMILES string of the molecule is COC(=O)c1cc(Nc2ncc3c(n2)SCN(c2c(Cl)cccc2Cl)C3=O)cc2c1CCNC2. The van der Waals surface area contributed by atoms with E-state index in [0.717, 1.165) is 24.1 Å². The lowest BCUT2D eigenvalue weighted by Crippen LogP contribution is -2.35. The van der Waals surface area contributed by atoms with Crippen LogP contribution in [0, 0.1) is 0 Å². The number of rotatable bonds is 4. The van der Waals surface area contributed by atoms with Gasteiger partial charge < -0.3 is 15.4 Å². The van der Waals surface area contributed by atoms with Crippen molar-refractivity contribution in [3.63, 3.8) is 0 Å². The second-order valence-corrected chi connectivity index (χ2v) is 9.44. The molecule has 1 amide bonds. The van der Waals surface area contributed by atoms with Crippen LogP contribution in [0.15, 0.2) is 41.6 Å². The number of fused-ring (bicyclic) bond motifs is 2. The zero-order valence-electron chi connectivity index (χ0n) is 18.0. The summed E-state index contributed by atoms with van der Waals surface area (Å²) in [5.41, 5.74) is 4.03. The Bertz CT molecular complexity index is 1300. The maximum atomic E-state index is 13.1. The molecular weight excluding hydrogens is 497 g/mol. The van der Waals surface area contributed by atoms with Gasteiger partial charge in [-0.1, -0.05) is 41.0 Å². The quantitative estimate of drug-likeness (QED) is 0.382. The van der Waals surface area contributed by atoms with Crippen molar-refractivity contribution in [2.24, 2.45) is 0 Å². The number of nitrogens with zero attached hydrogens (tertiary/aromatic N) is 3. The summed E-state index contributed by atoms with van der Waals surface area (Å²) >= 11 is 14.0. The molecule has 0 spiro atoms. The van der Waals surface area contributed by atoms with Crippen molar-refractivity contribution < 1.29 is 14.3 Å². The molecule has 2 aliphatic heterocycles. The summed E-state index contributed by atoms with van der Waals surface area (Å²) in [6, 6.07) is 8.83. The predicted octanol–water partition coefficient (Wildman–Crippen LogP) is 4.67. The molecule has 34 heavy (non-hydrogen) atoms. The van der Waals surface area contributed by atoms with Crippen LogP contribution in [0.1, 0.15) is 31.8 Å². The number of ether oxygens (including phenoxy) is 1. The van der Waals surface area contributed by atoms with Gasteiger partial charge >= 0.3 is 5.97 Å². The van der Waals surface area contributed by atoms with Gasteiger partial charge in [0.2, 0.25) is 5.95 Å². The number of amides is 1. The highest BCUT2D eigenvalue weighted by atomic mass is 35.5. The number of anilines is 3. The summed E-state index contributed by atoms with van der Waals surface area (Å²) in [5.74, 6) is -0.0264. The zero-order valence-corrected chi connectivity index (χ0v) is 20.4. The lowest BCUT2D eigenvalue weighted by Gasteiger charge is -2.28. The first-order valence-corrected chi connectivity index (χ1v) is 12.2. The molecule has 5 rings (SSSR count). The lowest BCUT2D eigenvalue weighted by atomic mass is 9.94. The molecule has 2 N–H and O–H groups in total. The molecule has 8 nitrogen and oxygen atoms in total. The normalized spacial score (nSPS) is 14.9. The molecule has 0 bridgehead atoms. The van der Waals surface area contributed by atoms with E-state index in [4.69, 9.17) is 27.9 Å². The Morgan fingerprint density at radius 2 is 2.06 bits per heavy atom. The summed E-state index contributed by atoms with van der Waals surface area (Å²) < 4.78 is 4.97. The van der Waals surface area contributed by atoms with Crippen LogP contribution in [0.25, 0.3) is 0 Å². The minimum atomic E-state index is -0.382. The molecule has 1 aromatic heterocycles. The van der Waals surface area contributed by atoms with Gasteiger partial charge in [-0.25, -0.2) is 14.8 Å². The van der Waals surface area contributed by atoms with Crippen molar-refractivity contribution in [2.75, 3.05) is 29.7 Å². The molecule has 0 aliphatic carbocycles. The molecule has 0 radical (unpaired) electrons. The number of carbonyl (C=O) groups is 2. The highest BCUT2D eigenvalue weighted by molar-refractivity contribution is 7.99. The van der Waals surface area contributed by atoms with Gasteiger partial charge in [0.05, 0.1) is 39.8 Å². The van der Waals surface area contributed by atoms with Gasteiger partial charge in [-0.15, -0.1) is 0 Å². The third-order valence-electron chi connectivity index (χ3n) is 5.64. The highest BCUT2D eigenvalue weighted by Gasteiger charge is 2.30. The molecule has 2 aliphatic rings. The van der Waals surface area contributed by atoms with Gasteiger partial charge in [0.25, 0.3) is 5.91 Å². The fourth-order valence-corrected chi connectivity index (χ4v) is 5.59. The zero-order chi connectivity index (χ0) is 23.8. The Morgan fingerprint density at radius 1 is 1.26 bits per heavy atom. The molecule has 0 atom stereocenters. The summed E-state index contributed by atoms with van der Waals surface area (Å²) in [6.07, 6.45) is 2.23. The van der Waals surface area contributed by atoms with E-state index in [1.807, 2.05) is 6.07 Å². The Morgan fingerprint density at radius 3 is 2.82 bits per heavy atom. The molecule has 0 fully saturated rings. The van der Waals surface area contributed by atoms with E-state index in [1.54, 1.807) is 24.3 Å². The lowest BCUT2D eigenvalue weighted by molar-refractivity contribution is 0.0599. The number of methoxy groups -OCH3 is 1. The predicted molar refractivity (Wildman–Crippen MR) is 133 cm³/mol. The number of hydrogen-bond donors (Lipinski definition) is 2. The molecule has 3 aromatic rings. The molecule has 3 heterocycles. The van der Waals surface area contributed by atoms with Crippen LogP contribution < -0.4 is 15.5 Å². The van der Waals surface area contributed by atoms with Crippen molar-refractivity contribution in [1.82, 2.24) is 15.3 Å². The average molecular weight is 516 g/mol. The number of hydrogen-bond acceptors (Lipinski definition) is 8. The van der Waals surface area contributed by atoms with Crippen LogP contribution in [0.3, 0.4) is 0 Å². The monoisotopic (exact) mass is 515 g/mol. The minimum absolute atomic E-state index is 0.275. The molecule has 0 saturated heterocycles. The minimum Gasteiger partial charge on any atom is -0.465 e. The van der Waals surface area contributed by atoms with Gasteiger partial charge in [-0.2, -0.15) is 0 Å². The van der Waals surface area contributed by atoms with E-state index in [2.05, 4.69) is 20.6 Å². The van der Waals surface area contributed by atoms with E-state index in [1.165, 1.54) is 30.0 Å². The fourth-order valence-electron chi connectivity index (χ4n) is 4.04. The largest absolute Gasteiger partial charge is 0.465 e. The van der Waals surface area contributed by atoms with Crippen molar-refractivity contribution in [2.45, 2.75) is 18.0 Å². The fraction of sp³-hybridized carbons (Fsp3) is 0.217. The molecule has 174 valence electrons. The van der Waals surface area contributed by atoms with Crippen LogP contribution in [-0.2, 0) is 17.7 Å². The van der Waals surface area contributed by atoms with Gasteiger partial charge in [0, 0.05) is 18.4 Å². The van der Waals surface area contributed by atoms with Gasteiger partial charge in [0.15, 0.2) is 0 Å². The number of benzene rings is 2. The molecule has 11 heteroatoms. The Labute approximate surface area is 210 Å². The maximum Gasteiger partial charge on any atom is 0.338 e. The Kier molecular flexibility index (Phi) is 6.35. The van der Waals surface area contributed by atoms with E-state index in [0.29, 0.717) is 55.9 Å². The van der Waals surface area contributed by atoms with E-state index in [9.17, 15) is 9.59 Å². The van der Waals surface area contributed by atoms with Gasteiger partial charge in [-0.05, 0) is 48.4 Å². The first-order valence-electron chi connectivity index (χ1n) is 10.4. The number of nitrogens with one attached hydrogen (secondary N) is 2. The van der Waals surface area contributed by atoms with Crippen LogP contribution in [0.5, 0.6) is 0 Å². The number of halogens is 2. The van der Waals surface area contributed by atoms with Crippen LogP contribution in [-0.4, -0.2) is 41.4 Å². The van der Waals surface area contributed by atoms with E-state index >= 15 is 0 Å².